The first-order valence-corrected chi connectivity index (χ1v) is 9.41. The second-order valence-electron chi connectivity index (χ2n) is 6.81. The number of nitrogens with zero attached hydrogens (tertiary/aromatic N) is 1. The lowest BCUT2D eigenvalue weighted by molar-refractivity contribution is -0.116. The Morgan fingerprint density at radius 3 is 2.30 bits per heavy atom. The van der Waals surface area contributed by atoms with Gasteiger partial charge in [-0.1, -0.05) is 30.3 Å². The minimum atomic E-state index is -0.145. The molecule has 0 radical (unpaired) electrons. The van der Waals surface area contributed by atoms with E-state index in [9.17, 15) is 9.59 Å². The lowest BCUT2D eigenvalue weighted by Crippen LogP contribution is -2.36. The minimum Gasteiger partial charge on any atom is -0.381 e. The molecule has 1 amide bonds. The zero-order chi connectivity index (χ0) is 19.1. The molecule has 2 aromatic rings. The van der Waals surface area contributed by atoms with Crippen LogP contribution in [0.25, 0.3) is 0 Å². The van der Waals surface area contributed by atoms with E-state index < -0.39 is 0 Å². The summed E-state index contributed by atoms with van der Waals surface area (Å²) < 4.78 is 5.41. The molecule has 142 valence electrons. The highest BCUT2D eigenvalue weighted by Crippen LogP contribution is 2.23. The van der Waals surface area contributed by atoms with Gasteiger partial charge in [0.25, 0.3) is 0 Å². The molecule has 0 unspecified atom stereocenters. The monoisotopic (exact) mass is 366 g/mol. The standard InChI is InChI=1S/C22H26N2O3/c1-27-20-13-15-24(16-14-20)19-9-7-18(8-10-19)23-22(26)12-11-21(25)17-5-3-2-4-6-17/h2-10,20H,11-16H2,1H3,(H,23,26). The topological polar surface area (TPSA) is 58.6 Å². The molecule has 2 aromatic carbocycles. The molecule has 1 heterocycles. The van der Waals surface area contributed by atoms with Gasteiger partial charge in [-0.3, -0.25) is 9.59 Å². The maximum atomic E-state index is 12.1. The van der Waals surface area contributed by atoms with E-state index in [1.165, 1.54) is 0 Å². The van der Waals surface area contributed by atoms with Crippen molar-refractivity contribution in [2.75, 3.05) is 30.4 Å². The molecule has 0 bridgehead atoms. The van der Waals surface area contributed by atoms with Crippen molar-refractivity contribution in [1.82, 2.24) is 0 Å². The summed E-state index contributed by atoms with van der Waals surface area (Å²) in [5.41, 5.74) is 2.55. The lowest BCUT2D eigenvalue weighted by Gasteiger charge is -2.33. The molecule has 1 aliphatic heterocycles. The van der Waals surface area contributed by atoms with E-state index in [0.717, 1.165) is 37.3 Å². The van der Waals surface area contributed by atoms with Crippen LogP contribution < -0.4 is 10.2 Å². The van der Waals surface area contributed by atoms with E-state index in [4.69, 9.17) is 4.74 Å². The van der Waals surface area contributed by atoms with E-state index >= 15 is 0 Å². The molecular formula is C22H26N2O3. The quantitative estimate of drug-likeness (QED) is 0.755. The predicted octanol–water partition coefficient (Wildman–Crippen LogP) is 3.90. The lowest BCUT2D eigenvalue weighted by atomic mass is 10.1. The molecule has 27 heavy (non-hydrogen) atoms. The smallest absolute Gasteiger partial charge is 0.224 e. The van der Waals surface area contributed by atoms with Crippen molar-refractivity contribution in [3.63, 3.8) is 0 Å². The van der Waals surface area contributed by atoms with Crippen LogP contribution in [-0.4, -0.2) is 38.0 Å². The third-order valence-electron chi connectivity index (χ3n) is 4.97. The molecule has 1 fully saturated rings. The Bertz CT molecular complexity index is 751. The summed E-state index contributed by atoms with van der Waals surface area (Å²) in [6, 6.07) is 16.9. The maximum Gasteiger partial charge on any atom is 0.224 e. The van der Waals surface area contributed by atoms with Crippen molar-refractivity contribution in [1.29, 1.82) is 0 Å². The molecule has 5 nitrogen and oxygen atoms in total. The number of rotatable bonds is 7. The number of benzene rings is 2. The number of ketones is 1. The average molecular weight is 366 g/mol. The molecule has 0 spiro atoms. The number of anilines is 2. The molecule has 0 aromatic heterocycles. The number of methoxy groups -OCH3 is 1. The summed E-state index contributed by atoms with van der Waals surface area (Å²) in [6.07, 6.45) is 2.82. The van der Waals surface area contributed by atoms with E-state index in [0.29, 0.717) is 11.7 Å². The van der Waals surface area contributed by atoms with E-state index in [2.05, 4.69) is 10.2 Å². The van der Waals surface area contributed by atoms with Gasteiger partial charge < -0.3 is 15.0 Å². The summed E-state index contributed by atoms with van der Waals surface area (Å²) in [6.45, 7) is 1.96. The first-order chi connectivity index (χ1) is 13.2. The van der Waals surface area contributed by atoms with Gasteiger partial charge in [0.15, 0.2) is 5.78 Å². The third kappa shape index (κ3) is 5.41. The van der Waals surface area contributed by atoms with Gasteiger partial charge in [0.1, 0.15) is 0 Å². The van der Waals surface area contributed by atoms with Crippen LogP contribution in [0.15, 0.2) is 54.6 Å². The molecule has 3 rings (SSSR count). The fraction of sp³-hybridized carbons (Fsp3) is 0.364. The van der Waals surface area contributed by atoms with Crippen LogP contribution in [0.2, 0.25) is 0 Å². The fourth-order valence-electron chi connectivity index (χ4n) is 3.32. The largest absolute Gasteiger partial charge is 0.381 e. The average Bonchev–Trinajstić information content (AvgIpc) is 2.73. The summed E-state index contributed by atoms with van der Waals surface area (Å²) in [5.74, 6) is -0.159. The van der Waals surface area contributed by atoms with Crippen molar-refractivity contribution in [2.45, 2.75) is 31.8 Å². The van der Waals surface area contributed by atoms with E-state index in [-0.39, 0.29) is 24.5 Å². The Kier molecular flexibility index (Phi) is 6.60. The van der Waals surface area contributed by atoms with Crippen LogP contribution in [0.5, 0.6) is 0 Å². The molecule has 1 N–H and O–H groups in total. The summed E-state index contributed by atoms with van der Waals surface area (Å²) in [7, 11) is 1.77. The number of carbonyl (C=O) groups is 2. The van der Waals surface area contributed by atoms with Crippen LogP contribution in [0.4, 0.5) is 11.4 Å². The number of ether oxygens (including phenoxy) is 1. The Balaban J connectivity index is 1.46. The van der Waals surface area contributed by atoms with Crippen LogP contribution >= 0.6 is 0 Å². The maximum absolute atomic E-state index is 12.1. The zero-order valence-electron chi connectivity index (χ0n) is 15.7. The number of piperidine rings is 1. The number of amides is 1. The van der Waals surface area contributed by atoms with Crippen molar-refractivity contribution >= 4 is 23.1 Å². The first kappa shape index (κ1) is 19.1. The molecule has 5 heteroatoms. The molecule has 1 saturated heterocycles. The Labute approximate surface area is 160 Å². The highest BCUT2D eigenvalue weighted by atomic mass is 16.5. The fourth-order valence-corrected chi connectivity index (χ4v) is 3.32. The second-order valence-corrected chi connectivity index (χ2v) is 6.81. The van der Waals surface area contributed by atoms with Crippen molar-refractivity contribution in [3.05, 3.63) is 60.2 Å². The normalized spacial score (nSPS) is 14.8. The Morgan fingerprint density at radius 1 is 1.00 bits per heavy atom. The summed E-state index contributed by atoms with van der Waals surface area (Å²) in [5, 5.41) is 2.87. The van der Waals surface area contributed by atoms with Gasteiger partial charge in [0.05, 0.1) is 6.10 Å². The number of Topliss-reactive ketones (excluding diaryl/α,β-unsaturated/α-hetero) is 1. The van der Waals surface area contributed by atoms with Gasteiger partial charge >= 0.3 is 0 Å². The zero-order valence-corrected chi connectivity index (χ0v) is 15.7. The number of hydrogen-bond donors (Lipinski definition) is 1. The van der Waals surface area contributed by atoms with E-state index in [1.807, 2.05) is 42.5 Å². The van der Waals surface area contributed by atoms with Crippen LogP contribution in [0, 0.1) is 0 Å². The highest BCUT2D eigenvalue weighted by Gasteiger charge is 2.18. The number of nitrogens with one attached hydrogen (secondary N) is 1. The van der Waals surface area contributed by atoms with Crippen LogP contribution in [-0.2, 0) is 9.53 Å². The van der Waals surface area contributed by atoms with Crippen molar-refractivity contribution < 1.29 is 14.3 Å². The molecular weight excluding hydrogens is 340 g/mol. The van der Waals surface area contributed by atoms with Gasteiger partial charge in [-0.25, -0.2) is 0 Å². The number of hydrogen-bond acceptors (Lipinski definition) is 4. The Hall–Kier alpha value is -2.66. The van der Waals surface area contributed by atoms with Gasteiger partial charge in [0.2, 0.25) is 5.91 Å². The van der Waals surface area contributed by atoms with Gasteiger partial charge in [-0.2, -0.15) is 0 Å². The predicted molar refractivity (Wildman–Crippen MR) is 107 cm³/mol. The summed E-state index contributed by atoms with van der Waals surface area (Å²) >= 11 is 0. The molecule has 1 aliphatic rings. The molecule has 0 aliphatic carbocycles. The first-order valence-electron chi connectivity index (χ1n) is 9.41. The Morgan fingerprint density at radius 2 is 1.67 bits per heavy atom. The van der Waals surface area contributed by atoms with Gasteiger partial charge in [0, 0.05) is 50.0 Å². The minimum absolute atomic E-state index is 0.0134. The number of carbonyl (C=O) groups excluding carboxylic acids is 2. The van der Waals surface area contributed by atoms with E-state index in [1.54, 1.807) is 19.2 Å². The van der Waals surface area contributed by atoms with Crippen LogP contribution in [0.1, 0.15) is 36.0 Å². The third-order valence-corrected chi connectivity index (χ3v) is 4.97. The summed E-state index contributed by atoms with van der Waals surface area (Å²) in [4.78, 5) is 26.5. The highest BCUT2D eigenvalue weighted by molar-refractivity contribution is 6.00. The van der Waals surface area contributed by atoms with Crippen molar-refractivity contribution in [3.8, 4) is 0 Å². The SMILES string of the molecule is COC1CCN(c2ccc(NC(=O)CCC(=O)c3ccccc3)cc2)CC1. The molecule has 0 saturated carbocycles. The van der Waals surface area contributed by atoms with Gasteiger partial charge in [-0.05, 0) is 37.1 Å². The molecule has 0 atom stereocenters. The van der Waals surface area contributed by atoms with Crippen molar-refractivity contribution in [2.24, 2.45) is 0 Å². The second kappa shape index (κ2) is 9.33. The van der Waals surface area contributed by atoms with Crippen LogP contribution in [0.3, 0.4) is 0 Å². The van der Waals surface area contributed by atoms with Gasteiger partial charge in [-0.15, -0.1) is 0 Å².